The number of carbonyl (C=O) groups excluding carboxylic acids is 1. The molecule has 0 radical (unpaired) electrons. The molecule has 164 valence electrons. The van der Waals surface area contributed by atoms with E-state index in [0.717, 1.165) is 16.6 Å². The fourth-order valence-corrected chi connectivity index (χ4v) is 3.36. The van der Waals surface area contributed by atoms with Gasteiger partial charge in [-0.3, -0.25) is 4.79 Å². The number of methoxy groups -OCH3 is 1. The van der Waals surface area contributed by atoms with Crippen LogP contribution in [-0.4, -0.2) is 38.6 Å². The SMILES string of the molecule is Bc1cccc(-c2c(OC)ccc(Cc3ccc(NC(=O)NCCC(=O)O)cc3)c2F)c1. The second-order valence-electron chi connectivity index (χ2n) is 7.38. The summed E-state index contributed by atoms with van der Waals surface area (Å²) in [5.74, 6) is -0.828. The molecule has 0 fully saturated rings. The summed E-state index contributed by atoms with van der Waals surface area (Å²) >= 11 is 0. The van der Waals surface area contributed by atoms with Crippen molar-refractivity contribution in [2.45, 2.75) is 12.8 Å². The third kappa shape index (κ3) is 5.88. The molecular weight excluding hydrogens is 410 g/mol. The summed E-state index contributed by atoms with van der Waals surface area (Å²) in [6, 6.07) is 17.7. The number of hydrogen-bond donors (Lipinski definition) is 3. The summed E-state index contributed by atoms with van der Waals surface area (Å²) in [5.41, 5.74) is 4.19. The highest BCUT2D eigenvalue weighted by Crippen LogP contribution is 2.34. The number of ether oxygens (including phenoxy) is 1. The zero-order valence-corrected chi connectivity index (χ0v) is 17.9. The van der Waals surface area contributed by atoms with Gasteiger partial charge in [-0.1, -0.05) is 47.9 Å². The molecule has 0 atom stereocenters. The molecule has 0 aliphatic carbocycles. The quantitative estimate of drug-likeness (QED) is 0.476. The standard InChI is InChI=1S/C24H24BFN2O4/c1-32-20-10-7-17(23(26)22(20)16-3-2-4-18(25)14-16)13-15-5-8-19(9-6-15)28-24(31)27-12-11-21(29)30/h2-10,14H,11-13,25H2,1H3,(H,29,30)(H2,27,28,31). The zero-order chi connectivity index (χ0) is 23.1. The van der Waals surface area contributed by atoms with Crippen LogP contribution in [0.1, 0.15) is 17.5 Å². The van der Waals surface area contributed by atoms with Crippen molar-refractivity contribution in [1.82, 2.24) is 5.32 Å². The van der Waals surface area contributed by atoms with Crippen LogP contribution in [0.25, 0.3) is 11.1 Å². The number of nitrogens with one attached hydrogen (secondary N) is 2. The molecule has 0 unspecified atom stereocenters. The molecule has 0 aliphatic heterocycles. The van der Waals surface area contributed by atoms with Gasteiger partial charge in [0.25, 0.3) is 0 Å². The van der Waals surface area contributed by atoms with Gasteiger partial charge < -0.3 is 20.5 Å². The Morgan fingerprint density at radius 2 is 1.84 bits per heavy atom. The van der Waals surface area contributed by atoms with Gasteiger partial charge >= 0.3 is 12.0 Å². The van der Waals surface area contributed by atoms with Gasteiger partial charge in [0.2, 0.25) is 0 Å². The maximum absolute atomic E-state index is 15.5. The van der Waals surface area contributed by atoms with Crippen molar-refractivity contribution in [1.29, 1.82) is 0 Å². The van der Waals surface area contributed by atoms with Gasteiger partial charge in [0.15, 0.2) is 0 Å². The molecule has 0 heterocycles. The lowest BCUT2D eigenvalue weighted by Gasteiger charge is -2.14. The fraction of sp³-hybridized carbons (Fsp3) is 0.167. The fourth-order valence-electron chi connectivity index (χ4n) is 3.36. The minimum absolute atomic E-state index is 0.0409. The van der Waals surface area contributed by atoms with Crippen molar-refractivity contribution >= 4 is 31.0 Å². The number of anilines is 1. The van der Waals surface area contributed by atoms with Crippen LogP contribution in [0.4, 0.5) is 14.9 Å². The lowest BCUT2D eigenvalue weighted by molar-refractivity contribution is -0.136. The predicted octanol–water partition coefficient (Wildman–Crippen LogP) is 2.95. The predicted molar refractivity (Wildman–Crippen MR) is 125 cm³/mol. The van der Waals surface area contributed by atoms with Gasteiger partial charge in [-0.05, 0) is 34.9 Å². The van der Waals surface area contributed by atoms with Crippen LogP contribution in [-0.2, 0) is 11.2 Å². The van der Waals surface area contributed by atoms with Crippen LogP contribution in [0.2, 0.25) is 0 Å². The highest BCUT2D eigenvalue weighted by Gasteiger charge is 2.16. The highest BCUT2D eigenvalue weighted by molar-refractivity contribution is 6.32. The minimum Gasteiger partial charge on any atom is -0.496 e. The average molecular weight is 434 g/mol. The van der Waals surface area contributed by atoms with E-state index in [1.165, 1.54) is 7.11 Å². The van der Waals surface area contributed by atoms with E-state index in [1.54, 1.807) is 24.3 Å². The van der Waals surface area contributed by atoms with Gasteiger partial charge in [-0.15, -0.1) is 0 Å². The Kier molecular flexibility index (Phi) is 7.49. The van der Waals surface area contributed by atoms with Crippen molar-refractivity contribution in [2.75, 3.05) is 19.0 Å². The number of carbonyl (C=O) groups is 2. The van der Waals surface area contributed by atoms with Crippen LogP contribution in [0.3, 0.4) is 0 Å². The number of amides is 2. The molecular formula is C24H24BFN2O4. The smallest absolute Gasteiger partial charge is 0.319 e. The van der Waals surface area contributed by atoms with Crippen LogP contribution >= 0.6 is 0 Å². The largest absolute Gasteiger partial charge is 0.496 e. The van der Waals surface area contributed by atoms with E-state index in [-0.39, 0.29) is 18.8 Å². The summed E-state index contributed by atoms with van der Waals surface area (Å²) in [6.45, 7) is 0.0409. The summed E-state index contributed by atoms with van der Waals surface area (Å²) in [5, 5.41) is 13.7. The van der Waals surface area contributed by atoms with Crippen molar-refractivity contribution in [2.24, 2.45) is 0 Å². The highest BCUT2D eigenvalue weighted by atomic mass is 19.1. The van der Waals surface area contributed by atoms with E-state index < -0.39 is 12.0 Å². The lowest BCUT2D eigenvalue weighted by atomic mass is 9.90. The molecule has 0 saturated carbocycles. The molecule has 32 heavy (non-hydrogen) atoms. The number of urea groups is 1. The van der Waals surface area contributed by atoms with Gasteiger partial charge in [-0.2, -0.15) is 0 Å². The maximum Gasteiger partial charge on any atom is 0.319 e. The summed E-state index contributed by atoms with van der Waals surface area (Å²) in [7, 11) is 3.48. The molecule has 0 aliphatic rings. The molecule has 0 saturated heterocycles. The van der Waals surface area contributed by atoms with E-state index in [4.69, 9.17) is 9.84 Å². The molecule has 6 nitrogen and oxygen atoms in total. The van der Waals surface area contributed by atoms with E-state index in [1.807, 2.05) is 44.2 Å². The third-order valence-corrected chi connectivity index (χ3v) is 4.94. The van der Waals surface area contributed by atoms with Gasteiger partial charge in [-0.25, -0.2) is 9.18 Å². The number of halogens is 1. The molecule has 2 amide bonds. The first kappa shape index (κ1) is 22.9. The van der Waals surface area contributed by atoms with E-state index in [2.05, 4.69) is 10.6 Å². The van der Waals surface area contributed by atoms with Crippen molar-refractivity contribution < 1.29 is 23.8 Å². The molecule has 0 spiro atoms. The Bertz CT molecular complexity index is 1120. The Labute approximate surface area is 186 Å². The average Bonchev–Trinajstić information content (AvgIpc) is 2.76. The minimum atomic E-state index is -0.981. The molecule has 3 N–H and O–H groups in total. The zero-order valence-electron chi connectivity index (χ0n) is 17.9. The molecule has 3 aromatic carbocycles. The van der Waals surface area contributed by atoms with Gasteiger partial charge in [0, 0.05) is 18.7 Å². The second kappa shape index (κ2) is 10.5. The monoisotopic (exact) mass is 434 g/mol. The Hall–Kier alpha value is -3.81. The summed E-state index contributed by atoms with van der Waals surface area (Å²) in [4.78, 5) is 22.3. The van der Waals surface area contributed by atoms with Gasteiger partial charge in [0.05, 0.1) is 19.1 Å². The Balaban J connectivity index is 1.74. The first-order valence-electron chi connectivity index (χ1n) is 10.2. The maximum atomic E-state index is 15.5. The molecule has 0 bridgehead atoms. The van der Waals surface area contributed by atoms with Crippen LogP contribution in [0.15, 0.2) is 60.7 Å². The third-order valence-electron chi connectivity index (χ3n) is 4.94. The van der Waals surface area contributed by atoms with Crippen LogP contribution in [0, 0.1) is 5.82 Å². The topological polar surface area (TPSA) is 87.7 Å². The Morgan fingerprint density at radius 1 is 1.09 bits per heavy atom. The molecule has 0 aromatic heterocycles. The van der Waals surface area contributed by atoms with Crippen LogP contribution < -0.4 is 20.8 Å². The van der Waals surface area contributed by atoms with E-state index >= 15 is 4.39 Å². The number of carboxylic acids is 1. The first-order valence-corrected chi connectivity index (χ1v) is 10.2. The molecule has 8 heteroatoms. The Morgan fingerprint density at radius 3 is 2.50 bits per heavy atom. The number of benzene rings is 3. The van der Waals surface area contributed by atoms with E-state index in [9.17, 15) is 9.59 Å². The second-order valence-corrected chi connectivity index (χ2v) is 7.38. The molecule has 3 rings (SSSR count). The van der Waals surface area contributed by atoms with Crippen molar-refractivity contribution in [3.8, 4) is 16.9 Å². The van der Waals surface area contributed by atoms with Gasteiger partial charge in [0.1, 0.15) is 19.4 Å². The number of carboxylic acid groups (broad SMARTS) is 1. The van der Waals surface area contributed by atoms with Crippen molar-refractivity contribution in [3.63, 3.8) is 0 Å². The van der Waals surface area contributed by atoms with Crippen molar-refractivity contribution in [3.05, 3.63) is 77.6 Å². The van der Waals surface area contributed by atoms with E-state index in [0.29, 0.717) is 29.0 Å². The number of hydrogen-bond acceptors (Lipinski definition) is 3. The lowest BCUT2D eigenvalue weighted by Crippen LogP contribution is -2.30. The number of rotatable bonds is 8. The summed E-state index contributed by atoms with van der Waals surface area (Å²) in [6.07, 6.45) is 0.226. The normalized spacial score (nSPS) is 10.4. The van der Waals surface area contributed by atoms with Crippen LogP contribution in [0.5, 0.6) is 5.75 Å². The number of aliphatic carboxylic acids is 1. The first-order chi connectivity index (χ1) is 15.4. The molecule has 3 aromatic rings. The summed E-state index contributed by atoms with van der Waals surface area (Å²) < 4.78 is 20.9.